The van der Waals surface area contributed by atoms with E-state index in [2.05, 4.69) is 11.4 Å². The number of fused-ring (bicyclic) bond motifs is 1. The summed E-state index contributed by atoms with van der Waals surface area (Å²) in [5, 5.41) is 4.03. The number of hydrogen-bond donors (Lipinski definition) is 1. The molecule has 0 spiro atoms. The van der Waals surface area contributed by atoms with Crippen LogP contribution < -0.4 is 5.32 Å². The number of nitrogens with zero attached hydrogens (tertiary/aromatic N) is 2. The van der Waals surface area contributed by atoms with Gasteiger partial charge in [0, 0.05) is 35.6 Å². The lowest BCUT2D eigenvalue weighted by Crippen LogP contribution is -2.40. The number of carbonyl (C=O) groups is 2. The van der Waals surface area contributed by atoms with Gasteiger partial charge in [-0.1, -0.05) is 24.3 Å². The van der Waals surface area contributed by atoms with Gasteiger partial charge in [-0.05, 0) is 42.6 Å². The second-order valence-electron chi connectivity index (χ2n) is 6.96. The van der Waals surface area contributed by atoms with Crippen LogP contribution in [0.1, 0.15) is 16.1 Å². The zero-order valence-corrected chi connectivity index (χ0v) is 15.9. The lowest BCUT2D eigenvalue weighted by atomic mass is 10.1. The van der Waals surface area contributed by atoms with Gasteiger partial charge in [0.15, 0.2) is 0 Å². The first kappa shape index (κ1) is 18.3. The SMILES string of the molecule is Cc1cc2ccccc2n1CC(=O)Nc1cccc(C(=O)N2CCOCC2)c1. The standard InChI is InChI=1S/C22H23N3O3/c1-16-13-17-5-2-3-8-20(17)25(16)15-21(26)23-19-7-4-6-18(14-19)22(27)24-9-11-28-12-10-24/h2-8,13-14H,9-12,15H2,1H3,(H,23,26). The number of rotatable bonds is 4. The average molecular weight is 377 g/mol. The minimum absolute atomic E-state index is 0.0355. The van der Waals surface area contributed by atoms with E-state index in [1.807, 2.05) is 35.8 Å². The molecule has 144 valence electrons. The number of amides is 2. The molecule has 6 nitrogen and oxygen atoms in total. The first-order valence-corrected chi connectivity index (χ1v) is 9.43. The van der Waals surface area contributed by atoms with E-state index in [4.69, 9.17) is 4.74 Å². The molecule has 0 saturated carbocycles. The third kappa shape index (κ3) is 3.77. The molecule has 1 aliphatic heterocycles. The number of hydrogen-bond acceptors (Lipinski definition) is 3. The second-order valence-corrected chi connectivity index (χ2v) is 6.96. The number of anilines is 1. The highest BCUT2D eigenvalue weighted by Gasteiger charge is 2.19. The van der Waals surface area contributed by atoms with Crippen LogP contribution in [0.25, 0.3) is 10.9 Å². The van der Waals surface area contributed by atoms with Crippen molar-refractivity contribution in [2.24, 2.45) is 0 Å². The van der Waals surface area contributed by atoms with E-state index in [-0.39, 0.29) is 18.4 Å². The van der Waals surface area contributed by atoms with Crippen molar-refractivity contribution >= 4 is 28.4 Å². The second kappa shape index (κ2) is 7.86. The van der Waals surface area contributed by atoms with E-state index in [0.29, 0.717) is 37.6 Å². The molecule has 4 rings (SSSR count). The molecule has 1 N–H and O–H groups in total. The zero-order chi connectivity index (χ0) is 19.5. The monoisotopic (exact) mass is 377 g/mol. The Morgan fingerprint density at radius 2 is 1.82 bits per heavy atom. The summed E-state index contributed by atoms with van der Waals surface area (Å²) in [4.78, 5) is 27.0. The van der Waals surface area contributed by atoms with Gasteiger partial charge in [0.25, 0.3) is 5.91 Å². The first-order valence-electron chi connectivity index (χ1n) is 9.43. The minimum Gasteiger partial charge on any atom is -0.378 e. The van der Waals surface area contributed by atoms with Crippen molar-refractivity contribution < 1.29 is 14.3 Å². The van der Waals surface area contributed by atoms with Crippen molar-refractivity contribution in [2.45, 2.75) is 13.5 Å². The van der Waals surface area contributed by atoms with Crippen molar-refractivity contribution in [3.8, 4) is 0 Å². The van der Waals surface area contributed by atoms with Crippen LogP contribution in [0.4, 0.5) is 5.69 Å². The predicted molar refractivity (Wildman–Crippen MR) is 108 cm³/mol. The summed E-state index contributed by atoms with van der Waals surface area (Å²) in [7, 11) is 0. The Morgan fingerprint density at radius 3 is 2.64 bits per heavy atom. The summed E-state index contributed by atoms with van der Waals surface area (Å²) < 4.78 is 7.29. The largest absolute Gasteiger partial charge is 0.378 e. The quantitative estimate of drug-likeness (QED) is 0.760. The Kier molecular flexibility index (Phi) is 5.12. The van der Waals surface area contributed by atoms with E-state index in [0.717, 1.165) is 16.6 Å². The van der Waals surface area contributed by atoms with Crippen LogP contribution in [-0.4, -0.2) is 47.6 Å². The van der Waals surface area contributed by atoms with Gasteiger partial charge in [-0.3, -0.25) is 9.59 Å². The van der Waals surface area contributed by atoms with Gasteiger partial charge < -0.3 is 19.5 Å². The molecule has 1 fully saturated rings. The van der Waals surface area contributed by atoms with Crippen LogP contribution in [0.15, 0.2) is 54.6 Å². The molecule has 0 atom stereocenters. The molecular weight excluding hydrogens is 354 g/mol. The first-order chi connectivity index (χ1) is 13.6. The van der Waals surface area contributed by atoms with Crippen LogP contribution in [0.2, 0.25) is 0 Å². The van der Waals surface area contributed by atoms with Gasteiger partial charge in [0.05, 0.1) is 13.2 Å². The highest BCUT2D eigenvalue weighted by Crippen LogP contribution is 2.20. The van der Waals surface area contributed by atoms with Gasteiger partial charge in [-0.2, -0.15) is 0 Å². The fourth-order valence-electron chi connectivity index (χ4n) is 3.58. The normalized spacial score (nSPS) is 14.2. The van der Waals surface area contributed by atoms with Crippen LogP contribution in [0, 0.1) is 6.92 Å². The summed E-state index contributed by atoms with van der Waals surface area (Å²) in [6.07, 6.45) is 0. The maximum Gasteiger partial charge on any atom is 0.254 e. The van der Waals surface area contributed by atoms with Crippen molar-refractivity contribution in [1.29, 1.82) is 0 Å². The van der Waals surface area contributed by atoms with E-state index in [9.17, 15) is 9.59 Å². The number of morpholine rings is 1. The third-order valence-electron chi connectivity index (χ3n) is 5.01. The molecule has 28 heavy (non-hydrogen) atoms. The molecule has 6 heteroatoms. The number of nitrogens with one attached hydrogen (secondary N) is 1. The molecule has 1 aromatic heterocycles. The highest BCUT2D eigenvalue weighted by atomic mass is 16.5. The molecule has 3 aromatic rings. The van der Waals surface area contributed by atoms with Crippen LogP contribution in [0.3, 0.4) is 0 Å². The number of aromatic nitrogens is 1. The van der Waals surface area contributed by atoms with Crippen molar-refractivity contribution in [1.82, 2.24) is 9.47 Å². The lowest BCUT2D eigenvalue weighted by molar-refractivity contribution is -0.116. The molecule has 1 saturated heterocycles. The number of para-hydroxylation sites is 1. The number of carbonyl (C=O) groups excluding carboxylic acids is 2. The minimum atomic E-state index is -0.125. The molecule has 0 aliphatic carbocycles. The van der Waals surface area contributed by atoms with Crippen molar-refractivity contribution in [3.05, 3.63) is 65.9 Å². The molecule has 0 radical (unpaired) electrons. The number of aryl methyl sites for hydroxylation is 1. The Labute approximate surface area is 163 Å². The molecule has 2 heterocycles. The van der Waals surface area contributed by atoms with Crippen LogP contribution >= 0.6 is 0 Å². The van der Waals surface area contributed by atoms with Crippen LogP contribution in [-0.2, 0) is 16.1 Å². The van der Waals surface area contributed by atoms with Crippen LogP contribution in [0.5, 0.6) is 0 Å². The fraction of sp³-hybridized carbons (Fsp3) is 0.273. The van der Waals surface area contributed by atoms with Crippen molar-refractivity contribution in [3.63, 3.8) is 0 Å². The Morgan fingerprint density at radius 1 is 1.04 bits per heavy atom. The Balaban J connectivity index is 1.47. The highest BCUT2D eigenvalue weighted by molar-refractivity contribution is 5.97. The molecule has 0 bridgehead atoms. The van der Waals surface area contributed by atoms with E-state index < -0.39 is 0 Å². The van der Waals surface area contributed by atoms with E-state index in [1.165, 1.54) is 0 Å². The van der Waals surface area contributed by atoms with Gasteiger partial charge in [-0.25, -0.2) is 0 Å². The summed E-state index contributed by atoms with van der Waals surface area (Å²) in [6.45, 7) is 4.53. The smallest absolute Gasteiger partial charge is 0.254 e. The van der Waals surface area contributed by atoms with Gasteiger partial charge in [0.2, 0.25) is 5.91 Å². The van der Waals surface area contributed by atoms with E-state index >= 15 is 0 Å². The Hall–Kier alpha value is -3.12. The maximum absolute atomic E-state index is 12.6. The molecule has 0 unspecified atom stereocenters. The summed E-state index contributed by atoms with van der Waals surface area (Å²) >= 11 is 0. The van der Waals surface area contributed by atoms with Gasteiger partial charge in [-0.15, -0.1) is 0 Å². The maximum atomic E-state index is 12.6. The zero-order valence-electron chi connectivity index (χ0n) is 15.9. The summed E-state index contributed by atoms with van der Waals surface area (Å²) in [5.74, 6) is -0.160. The predicted octanol–water partition coefficient (Wildman–Crippen LogP) is 3.06. The molecule has 1 aliphatic rings. The van der Waals surface area contributed by atoms with Gasteiger partial charge >= 0.3 is 0 Å². The van der Waals surface area contributed by atoms with E-state index in [1.54, 1.807) is 29.2 Å². The third-order valence-corrected chi connectivity index (χ3v) is 5.01. The average Bonchev–Trinajstić information content (AvgIpc) is 3.03. The summed E-state index contributed by atoms with van der Waals surface area (Å²) in [5.41, 5.74) is 3.26. The topological polar surface area (TPSA) is 63.6 Å². The molecule has 2 aromatic carbocycles. The molecule has 2 amide bonds. The summed E-state index contributed by atoms with van der Waals surface area (Å²) in [6, 6.07) is 17.2. The number of ether oxygens (including phenoxy) is 1. The van der Waals surface area contributed by atoms with Crippen molar-refractivity contribution in [2.75, 3.05) is 31.6 Å². The molecular formula is C22H23N3O3. The Bertz CT molecular complexity index is 1020. The fourth-order valence-corrected chi connectivity index (χ4v) is 3.58. The van der Waals surface area contributed by atoms with Gasteiger partial charge in [0.1, 0.15) is 6.54 Å². The lowest BCUT2D eigenvalue weighted by Gasteiger charge is -2.27. The number of benzene rings is 2.